The van der Waals surface area contributed by atoms with Crippen molar-refractivity contribution in [2.24, 2.45) is 0 Å². The van der Waals surface area contributed by atoms with Crippen molar-refractivity contribution in [3.05, 3.63) is 35.4 Å². The molecule has 0 aromatic heterocycles. The molecule has 0 saturated heterocycles. The summed E-state index contributed by atoms with van der Waals surface area (Å²) in [5, 5.41) is 17.6. The summed E-state index contributed by atoms with van der Waals surface area (Å²) >= 11 is 0. The van der Waals surface area contributed by atoms with Gasteiger partial charge in [-0.2, -0.15) is 0 Å². The maximum atomic E-state index is 12.0. The highest BCUT2D eigenvalue weighted by Gasteiger charge is 2.07. The highest BCUT2D eigenvalue weighted by molar-refractivity contribution is 5.87. The van der Waals surface area contributed by atoms with Gasteiger partial charge < -0.3 is 10.2 Å². The Morgan fingerprint density at radius 3 is 2.31 bits per heavy atom. The van der Waals surface area contributed by atoms with E-state index in [1.54, 1.807) is 0 Å². The number of rotatable bonds is 3. The molecule has 1 rings (SSSR count). The lowest BCUT2D eigenvalue weighted by molar-refractivity contribution is 0.0696. The van der Waals surface area contributed by atoms with Crippen LogP contribution in [0.2, 0.25) is 0 Å². The van der Waals surface area contributed by atoms with Gasteiger partial charge in [-0.05, 0) is 17.7 Å². The van der Waals surface area contributed by atoms with Crippen molar-refractivity contribution in [2.45, 2.75) is 6.10 Å². The Hall–Kier alpha value is -1.42. The van der Waals surface area contributed by atoms with E-state index in [0.717, 1.165) is 0 Å². The van der Waals surface area contributed by atoms with Crippen molar-refractivity contribution in [2.75, 3.05) is 6.67 Å². The Bertz CT molecular complexity index is 294. The molecule has 3 nitrogen and oxygen atoms in total. The summed E-state index contributed by atoms with van der Waals surface area (Å²) in [6.07, 6.45) is -1.16. The van der Waals surface area contributed by atoms with Crippen LogP contribution in [0.1, 0.15) is 22.0 Å². The fraction of sp³-hybridized carbons (Fsp3) is 0.222. The van der Waals surface area contributed by atoms with E-state index < -0.39 is 18.7 Å². The first-order valence-corrected chi connectivity index (χ1v) is 3.72. The van der Waals surface area contributed by atoms with E-state index in [1.807, 2.05) is 0 Å². The first-order chi connectivity index (χ1) is 6.15. The number of carboxylic acids is 1. The number of hydrogen-bond donors (Lipinski definition) is 2. The van der Waals surface area contributed by atoms with Gasteiger partial charge >= 0.3 is 5.97 Å². The molecule has 0 fully saturated rings. The molecule has 1 atom stereocenters. The topological polar surface area (TPSA) is 57.5 Å². The Balaban J connectivity index is 2.87. The molecule has 0 amide bonds. The zero-order valence-corrected chi connectivity index (χ0v) is 6.77. The standard InChI is InChI=1S/C9H9FO3/c10-5-8(11)6-1-3-7(4-2-6)9(12)13/h1-4,8,11H,5H2,(H,12,13). The summed E-state index contributed by atoms with van der Waals surface area (Å²) in [6, 6.07) is 5.45. The predicted molar refractivity (Wildman–Crippen MR) is 44.3 cm³/mol. The van der Waals surface area contributed by atoms with E-state index in [0.29, 0.717) is 5.56 Å². The summed E-state index contributed by atoms with van der Waals surface area (Å²) in [7, 11) is 0. The van der Waals surface area contributed by atoms with Crippen molar-refractivity contribution in [3.63, 3.8) is 0 Å². The Labute approximate surface area is 74.4 Å². The fourth-order valence-corrected chi connectivity index (χ4v) is 0.937. The van der Waals surface area contributed by atoms with Crippen LogP contribution in [0.5, 0.6) is 0 Å². The number of benzene rings is 1. The van der Waals surface area contributed by atoms with E-state index in [-0.39, 0.29) is 5.56 Å². The van der Waals surface area contributed by atoms with E-state index in [9.17, 15) is 9.18 Å². The van der Waals surface area contributed by atoms with Gasteiger partial charge in [0.25, 0.3) is 0 Å². The second-order valence-electron chi connectivity index (χ2n) is 2.60. The molecule has 0 bridgehead atoms. The average molecular weight is 184 g/mol. The van der Waals surface area contributed by atoms with Gasteiger partial charge in [0, 0.05) is 0 Å². The summed E-state index contributed by atoms with van der Waals surface area (Å²) in [5.41, 5.74) is 0.502. The van der Waals surface area contributed by atoms with Crippen LogP contribution in [0.15, 0.2) is 24.3 Å². The van der Waals surface area contributed by atoms with Crippen molar-refractivity contribution in [1.29, 1.82) is 0 Å². The molecule has 0 radical (unpaired) electrons. The Morgan fingerprint density at radius 2 is 1.92 bits per heavy atom. The smallest absolute Gasteiger partial charge is 0.335 e. The number of aliphatic hydroxyl groups excluding tert-OH is 1. The minimum absolute atomic E-state index is 0.120. The molecular formula is C9H9FO3. The molecule has 2 N–H and O–H groups in total. The first-order valence-electron chi connectivity index (χ1n) is 3.72. The molecule has 4 heteroatoms. The van der Waals surface area contributed by atoms with Crippen LogP contribution in [0.25, 0.3) is 0 Å². The van der Waals surface area contributed by atoms with Gasteiger partial charge in [-0.25, -0.2) is 9.18 Å². The predicted octanol–water partition coefficient (Wildman–Crippen LogP) is 1.39. The molecule has 0 aliphatic rings. The lowest BCUT2D eigenvalue weighted by Gasteiger charge is -2.05. The van der Waals surface area contributed by atoms with Crippen LogP contribution < -0.4 is 0 Å². The first kappa shape index (κ1) is 9.67. The van der Waals surface area contributed by atoms with Crippen molar-refractivity contribution in [1.82, 2.24) is 0 Å². The zero-order valence-electron chi connectivity index (χ0n) is 6.77. The van der Waals surface area contributed by atoms with E-state index >= 15 is 0 Å². The molecule has 1 aromatic carbocycles. The van der Waals surface area contributed by atoms with Crippen LogP contribution in [-0.4, -0.2) is 22.9 Å². The fourth-order valence-electron chi connectivity index (χ4n) is 0.937. The third-order valence-corrected chi connectivity index (χ3v) is 1.69. The summed E-state index contributed by atoms with van der Waals surface area (Å²) in [4.78, 5) is 10.4. The number of hydrogen-bond acceptors (Lipinski definition) is 2. The molecule has 0 saturated carbocycles. The van der Waals surface area contributed by atoms with Gasteiger partial charge in [0.2, 0.25) is 0 Å². The van der Waals surface area contributed by atoms with E-state index in [4.69, 9.17) is 10.2 Å². The van der Waals surface area contributed by atoms with Crippen LogP contribution in [0.3, 0.4) is 0 Å². The number of aromatic carboxylic acids is 1. The minimum Gasteiger partial charge on any atom is -0.478 e. The lowest BCUT2D eigenvalue weighted by Crippen LogP contribution is -2.01. The Kier molecular flexibility index (Phi) is 2.97. The summed E-state index contributed by atoms with van der Waals surface area (Å²) in [5.74, 6) is -1.04. The number of aliphatic hydroxyl groups is 1. The summed E-state index contributed by atoms with van der Waals surface area (Å²) in [6.45, 7) is -0.869. The average Bonchev–Trinajstić information content (AvgIpc) is 2.17. The van der Waals surface area contributed by atoms with E-state index in [2.05, 4.69) is 0 Å². The van der Waals surface area contributed by atoms with Gasteiger partial charge in [-0.1, -0.05) is 12.1 Å². The molecule has 1 unspecified atom stereocenters. The van der Waals surface area contributed by atoms with E-state index in [1.165, 1.54) is 24.3 Å². The lowest BCUT2D eigenvalue weighted by atomic mass is 10.1. The van der Waals surface area contributed by atoms with Crippen molar-refractivity contribution in [3.8, 4) is 0 Å². The molecule has 13 heavy (non-hydrogen) atoms. The number of halogens is 1. The normalized spacial score (nSPS) is 12.5. The second kappa shape index (κ2) is 4.00. The van der Waals surface area contributed by atoms with Gasteiger partial charge in [0.15, 0.2) is 0 Å². The summed E-state index contributed by atoms with van der Waals surface area (Å²) < 4.78 is 12.0. The molecule has 0 heterocycles. The monoisotopic (exact) mass is 184 g/mol. The Morgan fingerprint density at radius 1 is 1.38 bits per heavy atom. The SMILES string of the molecule is O=C(O)c1ccc(C(O)CF)cc1. The number of alkyl halides is 1. The second-order valence-corrected chi connectivity index (χ2v) is 2.60. The zero-order chi connectivity index (χ0) is 9.84. The quantitative estimate of drug-likeness (QED) is 0.746. The molecule has 0 aliphatic carbocycles. The highest BCUT2D eigenvalue weighted by atomic mass is 19.1. The van der Waals surface area contributed by atoms with Crippen molar-refractivity contribution < 1.29 is 19.4 Å². The van der Waals surface area contributed by atoms with Crippen LogP contribution in [0.4, 0.5) is 4.39 Å². The number of carbonyl (C=O) groups is 1. The molecule has 0 aliphatic heterocycles. The maximum absolute atomic E-state index is 12.0. The van der Waals surface area contributed by atoms with Crippen LogP contribution in [-0.2, 0) is 0 Å². The van der Waals surface area contributed by atoms with Gasteiger partial charge in [0.1, 0.15) is 12.8 Å². The minimum atomic E-state index is -1.16. The third kappa shape index (κ3) is 2.26. The van der Waals surface area contributed by atoms with Crippen molar-refractivity contribution >= 4 is 5.97 Å². The molecule has 70 valence electrons. The number of carboxylic acid groups (broad SMARTS) is 1. The molecule has 0 spiro atoms. The van der Waals surface area contributed by atoms with Gasteiger partial charge in [-0.3, -0.25) is 0 Å². The van der Waals surface area contributed by atoms with Crippen LogP contribution >= 0.6 is 0 Å². The molecule has 1 aromatic rings. The van der Waals surface area contributed by atoms with Crippen LogP contribution in [0, 0.1) is 0 Å². The van der Waals surface area contributed by atoms with Gasteiger partial charge in [0.05, 0.1) is 5.56 Å². The maximum Gasteiger partial charge on any atom is 0.335 e. The molecular weight excluding hydrogens is 175 g/mol. The third-order valence-electron chi connectivity index (χ3n) is 1.69. The highest BCUT2D eigenvalue weighted by Crippen LogP contribution is 2.13. The largest absolute Gasteiger partial charge is 0.478 e. The van der Waals surface area contributed by atoms with Gasteiger partial charge in [-0.15, -0.1) is 0 Å².